The maximum absolute atomic E-state index is 12.0. The average molecular weight is 404 g/mol. The van der Waals surface area contributed by atoms with Crippen LogP contribution in [0.5, 0.6) is 5.75 Å². The van der Waals surface area contributed by atoms with E-state index in [1.807, 2.05) is 19.1 Å². The first-order chi connectivity index (χ1) is 8.97. The van der Waals surface area contributed by atoms with Crippen molar-refractivity contribution in [2.24, 2.45) is 0 Å². The molecule has 0 aliphatic carbocycles. The lowest BCUT2D eigenvalue weighted by molar-refractivity contribution is 0.0733. The van der Waals surface area contributed by atoms with Gasteiger partial charge in [-0.3, -0.25) is 0 Å². The highest BCUT2D eigenvalue weighted by Gasteiger charge is 2.14. The quantitative estimate of drug-likeness (QED) is 0.495. The summed E-state index contributed by atoms with van der Waals surface area (Å²) in [6, 6.07) is 10.5. The standard InChI is InChI=1S/C14H9Br2ClO2/c1-8-5-11(16)7-12(17)13(8)19-14(18)9-3-2-4-10(15)6-9/h2-7H,1H3. The summed E-state index contributed by atoms with van der Waals surface area (Å²) in [5.74, 6) is -0.0523. The summed E-state index contributed by atoms with van der Waals surface area (Å²) in [6.45, 7) is 1.83. The molecule has 5 heteroatoms. The van der Waals surface area contributed by atoms with Crippen molar-refractivity contribution in [1.82, 2.24) is 0 Å². The summed E-state index contributed by atoms with van der Waals surface area (Å²) >= 11 is 12.7. The van der Waals surface area contributed by atoms with E-state index in [4.69, 9.17) is 16.3 Å². The fourth-order valence-corrected chi connectivity index (χ4v) is 2.99. The molecule has 0 radical (unpaired) electrons. The summed E-state index contributed by atoms with van der Waals surface area (Å²) in [5, 5.41) is 0.398. The Kier molecular flexibility index (Phi) is 4.66. The van der Waals surface area contributed by atoms with Crippen LogP contribution in [0, 0.1) is 6.92 Å². The number of rotatable bonds is 2. The highest BCUT2D eigenvalue weighted by atomic mass is 79.9. The molecule has 0 saturated carbocycles. The van der Waals surface area contributed by atoms with Gasteiger partial charge in [0.2, 0.25) is 0 Å². The molecule has 0 N–H and O–H groups in total. The van der Waals surface area contributed by atoms with Gasteiger partial charge in [0.25, 0.3) is 0 Å². The van der Waals surface area contributed by atoms with Crippen LogP contribution >= 0.6 is 43.5 Å². The molecule has 0 fully saturated rings. The van der Waals surface area contributed by atoms with Gasteiger partial charge in [-0.25, -0.2) is 4.79 Å². The van der Waals surface area contributed by atoms with E-state index < -0.39 is 5.97 Å². The molecule has 0 amide bonds. The molecule has 0 aromatic heterocycles. The number of halogens is 3. The molecule has 0 spiro atoms. The van der Waals surface area contributed by atoms with E-state index in [0.717, 1.165) is 14.5 Å². The molecule has 0 heterocycles. The maximum atomic E-state index is 12.0. The Labute approximate surface area is 133 Å². The Hall–Kier alpha value is -0.840. The Morgan fingerprint density at radius 1 is 1.16 bits per heavy atom. The molecular formula is C14H9Br2ClO2. The summed E-state index contributed by atoms with van der Waals surface area (Å²) in [4.78, 5) is 12.0. The van der Waals surface area contributed by atoms with E-state index in [1.54, 1.807) is 24.3 Å². The average Bonchev–Trinajstić information content (AvgIpc) is 2.33. The molecule has 2 aromatic rings. The second-order valence-electron chi connectivity index (χ2n) is 3.93. The minimum Gasteiger partial charge on any atom is -0.421 e. The fourth-order valence-electron chi connectivity index (χ4n) is 1.59. The zero-order valence-electron chi connectivity index (χ0n) is 9.91. The van der Waals surface area contributed by atoms with Crippen molar-refractivity contribution < 1.29 is 9.53 Å². The van der Waals surface area contributed by atoms with Crippen LogP contribution in [0.2, 0.25) is 5.02 Å². The van der Waals surface area contributed by atoms with Gasteiger partial charge in [0.15, 0.2) is 5.75 Å². The third-order valence-electron chi connectivity index (χ3n) is 2.45. The predicted octanol–water partition coefficient (Wildman–Crippen LogP) is 5.39. The highest BCUT2D eigenvalue weighted by Crippen LogP contribution is 2.32. The molecule has 98 valence electrons. The van der Waals surface area contributed by atoms with E-state index in [-0.39, 0.29) is 0 Å². The number of benzene rings is 2. The molecule has 19 heavy (non-hydrogen) atoms. The summed E-state index contributed by atoms with van der Waals surface area (Å²) in [7, 11) is 0. The van der Waals surface area contributed by atoms with Gasteiger partial charge in [-0.15, -0.1) is 0 Å². The topological polar surface area (TPSA) is 26.3 Å². The Morgan fingerprint density at radius 2 is 1.89 bits per heavy atom. The molecule has 0 aliphatic rings. The molecule has 2 aromatic carbocycles. The van der Waals surface area contributed by atoms with Gasteiger partial charge in [-0.2, -0.15) is 0 Å². The number of aryl methyl sites for hydroxylation is 1. The van der Waals surface area contributed by atoms with Gasteiger partial charge in [0.05, 0.1) is 10.6 Å². The minimum absolute atomic E-state index is 0.384. The first-order valence-corrected chi connectivity index (χ1v) is 7.37. The molecule has 0 unspecified atom stereocenters. The van der Waals surface area contributed by atoms with E-state index in [9.17, 15) is 4.79 Å². The first-order valence-electron chi connectivity index (χ1n) is 5.41. The summed E-state index contributed by atoms with van der Waals surface area (Å²) < 4.78 is 7.02. The molecule has 0 atom stereocenters. The van der Waals surface area contributed by atoms with E-state index in [1.165, 1.54) is 0 Å². The van der Waals surface area contributed by atoms with Crippen LogP contribution < -0.4 is 4.74 Å². The van der Waals surface area contributed by atoms with Crippen LogP contribution in [-0.2, 0) is 0 Å². The number of esters is 1. The van der Waals surface area contributed by atoms with Gasteiger partial charge in [-0.05, 0) is 42.8 Å². The third-order valence-corrected chi connectivity index (χ3v) is 3.68. The van der Waals surface area contributed by atoms with Crippen molar-refractivity contribution in [2.75, 3.05) is 0 Å². The predicted molar refractivity (Wildman–Crippen MR) is 83.0 cm³/mol. The highest BCUT2D eigenvalue weighted by molar-refractivity contribution is 9.10. The number of carbonyl (C=O) groups is 1. The largest absolute Gasteiger partial charge is 0.421 e. The van der Waals surface area contributed by atoms with Gasteiger partial charge < -0.3 is 4.74 Å². The number of hydrogen-bond donors (Lipinski definition) is 0. The smallest absolute Gasteiger partial charge is 0.343 e. The van der Waals surface area contributed by atoms with Crippen LogP contribution in [0.1, 0.15) is 15.9 Å². The Morgan fingerprint density at radius 3 is 2.53 bits per heavy atom. The zero-order valence-corrected chi connectivity index (χ0v) is 13.8. The monoisotopic (exact) mass is 402 g/mol. The van der Waals surface area contributed by atoms with Crippen LogP contribution in [0.25, 0.3) is 0 Å². The molecule has 0 bridgehead atoms. The maximum Gasteiger partial charge on any atom is 0.343 e. The lowest BCUT2D eigenvalue weighted by Crippen LogP contribution is -2.09. The second kappa shape index (κ2) is 6.07. The van der Waals surface area contributed by atoms with Crippen LogP contribution in [-0.4, -0.2) is 5.97 Å². The van der Waals surface area contributed by atoms with Crippen molar-refractivity contribution >= 4 is 49.4 Å². The minimum atomic E-state index is -0.436. The van der Waals surface area contributed by atoms with Gasteiger partial charge in [-0.1, -0.05) is 49.5 Å². The van der Waals surface area contributed by atoms with Crippen molar-refractivity contribution in [3.05, 3.63) is 61.5 Å². The lowest BCUT2D eigenvalue weighted by atomic mass is 10.2. The third kappa shape index (κ3) is 3.59. The van der Waals surface area contributed by atoms with E-state index in [2.05, 4.69) is 31.9 Å². The number of carbonyl (C=O) groups excluding carboxylic acids is 1. The van der Waals surface area contributed by atoms with E-state index >= 15 is 0 Å². The molecule has 2 nitrogen and oxygen atoms in total. The van der Waals surface area contributed by atoms with Crippen molar-refractivity contribution in [1.29, 1.82) is 0 Å². The molecule has 2 rings (SSSR count). The van der Waals surface area contributed by atoms with Crippen molar-refractivity contribution in [2.45, 2.75) is 6.92 Å². The molecule has 0 aliphatic heterocycles. The van der Waals surface area contributed by atoms with Crippen LogP contribution in [0.4, 0.5) is 0 Å². The SMILES string of the molecule is Cc1cc(Br)cc(Cl)c1OC(=O)c1cccc(Br)c1. The normalized spacial score (nSPS) is 10.3. The zero-order chi connectivity index (χ0) is 14.0. The van der Waals surface area contributed by atoms with Crippen LogP contribution in [0.3, 0.4) is 0 Å². The van der Waals surface area contributed by atoms with Crippen molar-refractivity contribution in [3.8, 4) is 5.75 Å². The van der Waals surface area contributed by atoms with Crippen molar-refractivity contribution in [3.63, 3.8) is 0 Å². The summed E-state index contributed by atoms with van der Waals surface area (Å²) in [6.07, 6.45) is 0. The van der Waals surface area contributed by atoms with Gasteiger partial charge in [0.1, 0.15) is 0 Å². The lowest BCUT2D eigenvalue weighted by Gasteiger charge is -2.10. The van der Waals surface area contributed by atoms with Gasteiger partial charge >= 0.3 is 5.97 Å². The second-order valence-corrected chi connectivity index (χ2v) is 6.17. The fraction of sp³-hybridized carbons (Fsp3) is 0.0714. The number of hydrogen-bond acceptors (Lipinski definition) is 2. The first kappa shape index (κ1) is 14.6. The Balaban J connectivity index is 2.29. The van der Waals surface area contributed by atoms with E-state index in [0.29, 0.717) is 16.3 Å². The molecule has 0 saturated heterocycles. The number of ether oxygens (including phenoxy) is 1. The van der Waals surface area contributed by atoms with Gasteiger partial charge in [0, 0.05) is 8.95 Å². The molecular weight excluding hydrogens is 395 g/mol. The Bertz CT molecular complexity index is 618. The van der Waals surface area contributed by atoms with Crippen LogP contribution in [0.15, 0.2) is 45.3 Å². The summed E-state index contributed by atoms with van der Waals surface area (Å²) in [5.41, 5.74) is 1.26.